The van der Waals surface area contributed by atoms with Gasteiger partial charge in [-0.05, 0) is 43.0 Å². The normalized spacial score (nSPS) is 14.1. The first-order valence-electron chi connectivity index (χ1n) is 8.29. The van der Waals surface area contributed by atoms with Gasteiger partial charge in [0.15, 0.2) is 0 Å². The van der Waals surface area contributed by atoms with Crippen LogP contribution < -0.4 is 11.1 Å². The Morgan fingerprint density at radius 2 is 1.73 bits per heavy atom. The van der Waals surface area contributed by atoms with Crippen molar-refractivity contribution in [2.75, 3.05) is 18.4 Å². The Hall–Kier alpha value is -2.87. The highest BCUT2D eigenvalue weighted by molar-refractivity contribution is 7.18. The molecule has 0 aliphatic carbocycles. The van der Waals surface area contributed by atoms with Crippen molar-refractivity contribution in [3.05, 3.63) is 40.8 Å². The predicted molar refractivity (Wildman–Crippen MR) is 99.7 cm³/mol. The highest BCUT2D eigenvalue weighted by Gasteiger charge is 2.20. The number of primary amides is 1. The number of anilines is 1. The van der Waals surface area contributed by atoms with Crippen molar-refractivity contribution in [3.8, 4) is 10.4 Å². The van der Waals surface area contributed by atoms with Gasteiger partial charge in [-0.15, -0.1) is 11.3 Å². The van der Waals surface area contributed by atoms with Gasteiger partial charge >= 0.3 is 12.0 Å². The minimum Gasteiger partial charge on any atom is -0.477 e. The molecule has 1 aromatic heterocycles. The minimum atomic E-state index is -1.14. The van der Waals surface area contributed by atoms with Crippen molar-refractivity contribution in [2.45, 2.75) is 19.3 Å². The van der Waals surface area contributed by atoms with E-state index < -0.39 is 12.0 Å². The second-order valence-corrected chi connectivity index (χ2v) is 7.13. The smallest absolute Gasteiger partial charge is 0.348 e. The van der Waals surface area contributed by atoms with E-state index in [-0.39, 0.29) is 16.5 Å². The molecule has 26 heavy (non-hydrogen) atoms. The van der Waals surface area contributed by atoms with Gasteiger partial charge in [-0.1, -0.05) is 12.1 Å². The summed E-state index contributed by atoms with van der Waals surface area (Å²) in [4.78, 5) is 37.4. The summed E-state index contributed by atoms with van der Waals surface area (Å²) in [5.41, 5.74) is 6.63. The standard InChI is InChI=1S/C18H19N3O4S/c19-18(25)20-13-10-14(26-15(13)17(23)24)11-4-6-12(7-5-11)16(22)21-8-2-1-3-9-21/h4-7,10H,1-3,8-9H2,(H,23,24)(H3,19,20,25). The molecular weight excluding hydrogens is 354 g/mol. The number of amides is 3. The topological polar surface area (TPSA) is 113 Å². The molecule has 7 nitrogen and oxygen atoms in total. The van der Waals surface area contributed by atoms with Crippen molar-refractivity contribution in [3.63, 3.8) is 0 Å². The van der Waals surface area contributed by atoms with E-state index in [1.165, 1.54) is 0 Å². The van der Waals surface area contributed by atoms with Crippen molar-refractivity contribution in [1.29, 1.82) is 0 Å². The molecule has 2 heterocycles. The molecule has 0 unspecified atom stereocenters. The van der Waals surface area contributed by atoms with Crippen molar-refractivity contribution in [1.82, 2.24) is 4.90 Å². The van der Waals surface area contributed by atoms with E-state index >= 15 is 0 Å². The van der Waals surface area contributed by atoms with E-state index in [4.69, 9.17) is 5.73 Å². The Balaban J connectivity index is 1.83. The molecule has 3 rings (SSSR count). The summed E-state index contributed by atoms with van der Waals surface area (Å²) in [7, 11) is 0. The number of hydrogen-bond acceptors (Lipinski definition) is 4. The molecule has 2 aromatic rings. The molecule has 3 amide bonds. The maximum Gasteiger partial charge on any atom is 0.348 e. The lowest BCUT2D eigenvalue weighted by Crippen LogP contribution is -2.35. The first-order valence-corrected chi connectivity index (χ1v) is 9.10. The summed E-state index contributed by atoms with van der Waals surface area (Å²) in [6.07, 6.45) is 3.23. The van der Waals surface area contributed by atoms with Gasteiger partial charge in [-0.3, -0.25) is 4.79 Å². The third kappa shape index (κ3) is 3.85. The van der Waals surface area contributed by atoms with Gasteiger partial charge in [0.05, 0.1) is 5.69 Å². The average Bonchev–Trinajstić information content (AvgIpc) is 3.05. The monoisotopic (exact) mass is 373 g/mol. The number of thiophene rings is 1. The largest absolute Gasteiger partial charge is 0.477 e. The molecule has 8 heteroatoms. The number of carbonyl (C=O) groups is 3. The molecule has 0 saturated carbocycles. The number of likely N-dealkylation sites (tertiary alicyclic amines) is 1. The van der Waals surface area contributed by atoms with Crippen molar-refractivity contribution >= 4 is 34.9 Å². The quantitative estimate of drug-likeness (QED) is 0.763. The fourth-order valence-corrected chi connectivity index (χ4v) is 3.93. The zero-order chi connectivity index (χ0) is 18.7. The number of carboxylic acid groups (broad SMARTS) is 1. The van der Waals surface area contributed by atoms with E-state index in [9.17, 15) is 19.5 Å². The number of urea groups is 1. The lowest BCUT2D eigenvalue weighted by atomic mass is 10.1. The SMILES string of the molecule is NC(=O)Nc1cc(-c2ccc(C(=O)N3CCCCC3)cc2)sc1C(=O)O. The number of rotatable bonds is 4. The second-order valence-electron chi connectivity index (χ2n) is 6.08. The molecule has 0 bridgehead atoms. The summed E-state index contributed by atoms with van der Waals surface area (Å²) in [5, 5.41) is 11.6. The third-order valence-electron chi connectivity index (χ3n) is 4.24. The van der Waals surface area contributed by atoms with Crippen LogP contribution >= 0.6 is 11.3 Å². The Morgan fingerprint density at radius 3 is 2.31 bits per heavy atom. The number of carboxylic acids is 1. The van der Waals surface area contributed by atoms with Crippen LogP contribution in [0.15, 0.2) is 30.3 Å². The molecular formula is C18H19N3O4S. The number of carbonyl (C=O) groups excluding carboxylic acids is 2. The van der Waals surface area contributed by atoms with E-state index in [1.807, 2.05) is 4.90 Å². The van der Waals surface area contributed by atoms with Gasteiger partial charge in [0.1, 0.15) is 4.88 Å². The molecule has 0 atom stereocenters. The number of piperidine rings is 1. The summed E-state index contributed by atoms with van der Waals surface area (Å²) >= 11 is 1.04. The molecule has 1 saturated heterocycles. The molecule has 136 valence electrons. The molecule has 1 aliphatic rings. The van der Waals surface area contributed by atoms with E-state index in [2.05, 4.69) is 5.32 Å². The van der Waals surface area contributed by atoms with Gasteiger partial charge in [-0.25, -0.2) is 9.59 Å². The highest BCUT2D eigenvalue weighted by atomic mass is 32.1. The van der Waals surface area contributed by atoms with Crippen LogP contribution in [0.3, 0.4) is 0 Å². The zero-order valence-corrected chi connectivity index (χ0v) is 14.8. The Bertz CT molecular complexity index is 839. The van der Waals surface area contributed by atoms with E-state index in [0.717, 1.165) is 49.3 Å². The van der Waals surface area contributed by atoms with Crippen molar-refractivity contribution < 1.29 is 19.5 Å². The Kier molecular flexibility index (Phi) is 5.22. The lowest BCUT2D eigenvalue weighted by Gasteiger charge is -2.26. The third-order valence-corrected chi connectivity index (χ3v) is 5.42. The van der Waals surface area contributed by atoms with Crippen molar-refractivity contribution in [2.24, 2.45) is 5.73 Å². The van der Waals surface area contributed by atoms with Crippen LogP contribution in [-0.4, -0.2) is 41.0 Å². The van der Waals surface area contributed by atoms with Crippen LogP contribution in [-0.2, 0) is 0 Å². The van der Waals surface area contributed by atoms with Gasteiger partial charge in [-0.2, -0.15) is 0 Å². The van der Waals surface area contributed by atoms with Crippen LogP contribution in [0, 0.1) is 0 Å². The molecule has 1 fully saturated rings. The minimum absolute atomic E-state index is 0.00673. The predicted octanol–water partition coefficient (Wildman–Crippen LogP) is 3.23. The van der Waals surface area contributed by atoms with Crippen LogP contribution in [0.1, 0.15) is 39.3 Å². The molecule has 1 aromatic carbocycles. The first-order chi connectivity index (χ1) is 12.5. The summed E-state index contributed by atoms with van der Waals surface area (Å²) < 4.78 is 0. The second kappa shape index (κ2) is 7.57. The zero-order valence-electron chi connectivity index (χ0n) is 14.0. The summed E-state index contributed by atoms with van der Waals surface area (Å²) in [6.45, 7) is 1.57. The van der Waals surface area contributed by atoms with Crippen LogP contribution in [0.2, 0.25) is 0 Å². The fourth-order valence-electron chi connectivity index (χ4n) is 2.97. The Labute approximate surface area is 154 Å². The summed E-state index contributed by atoms with van der Waals surface area (Å²) in [6, 6.07) is 7.80. The molecule has 4 N–H and O–H groups in total. The number of nitrogens with one attached hydrogen (secondary N) is 1. The highest BCUT2D eigenvalue weighted by Crippen LogP contribution is 2.35. The van der Waals surface area contributed by atoms with Gasteiger partial charge in [0.2, 0.25) is 0 Å². The molecule has 0 radical (unpaired) electrons. The number of hydrogen-bond donors (Lipinski definition) is 3. The number of aromatic carboxylic acids is 1. The fraction of sp³-hybridized carbons (Fsp3) is 0.278. The van der Waals surface area contributed by atoms with Crippen LogP contribution in [0.5, 0.6) is 0 Å². The van der Waals surface area contributed by atoms with E-state index in [1.54, 1.807) is 30.3 Å². The van der Waals surface area contributed by atoms with E-state index in [0.29, 0.717) is 10.4 Å². The summed E-state index contributed by atoms with van der Waals surface area (Å²) in [5.74, 6) is -1.12. The lowest BCUT2D eigenvalue weighted by molar-refractivity contribution is 0.0700. The maximum absolute atomic E-state index is 12.5. The van der Waals surface area contributed by atoms with Gasteiger partial charge in [0.25, 0.3) is 5.91 Å². The molecule has 0 spiro atoms. The maximum atomic E-state index is 12.5. The Morgan fingerprint density at radius 1 is 1.08 bits per heavy atom. The van der Waals surface area contributed by atoms with Crippen LogP contribution in [0.25, 0.3) is 10.4 Å². The number of nitrogens with two attached hydrogens (primary N) is 1. The molecule has 1 aliphatic heterocycles. The van der Waals surface area contributed by atoms with Crippen LogP contribution in [0.4, 0.5) is 10.5 Å². The first kappa shape index (κ1) is 17.9. The average molecular weight is 373 g/mol. The number of benzene rings is 1. The van der Waals surface area contributed by atoms with Gasteiger partial charge < -0.3 is 21.1 Å². The number of nitrogens with zero attached hydrogens (tertiary/aromatic N) is 1. The van der Waals surface area contributed by atoms with Gasteiger partial charge in [0, 0.05) is 23.5 Å².